The van der Waals surface area contributed by atoms with E-state index in [2.05, 4.69) is 6.07 Å². The minimum atomic E-state index is -0.00602. The Balaban J connectivity index is 1.71. The van der Waals surface area contributed by atoms with Crippen molar-refractivity contribution in [1.82, 2.24) is 0 Å². The molecule has 1 atom stereocenters. The molecule has 3 rings (SSSR count). The highest BCUT2D eigenvalue weighted by Gasteiger charge is 2.24. The Bertz CT molecular complexity index is 565. The van der Waals surface area contributed by atoms with Gasteiger partial charge in [0.1, 0.15) is 11.5 Å². The summed E-state index contributed by atoms with van der Waals surface area (Å²) >= 11 is 0. The van der Waals surface area contributed by atoms with Crippen LogP contribution >= 0.6 is 0 Å². The maximum atomic E-state index is 9.26. The second-order valence-corrected chi connectivity index (χ2v) is 4.62. The molecule has 0 spiro atoms. The van der Waals surface area contributed by atoms with E-state index in [0.717, 1.165) is 17.1 Å². The Morgan fingerprint density at radius 3 is 2.79 bits per heavy atom. The van der Waals surface area contributed by atoms with Crippen LogP contribution in [0.25, 0.3) is 0 Å². The monoisotopic (exact) mass is 256 g/mol. The average molecular weight is 256 g/mol. The maximum Gasteiger partial charge on any atom is 0.124 e. The van der Waals surface area contributed by atoms with Crippen LogP contribution in [0.1, 0.15) is 17.0 Å². The van der Waals surface area contributed by atoms with Crippen LogP contribution in [-0.2, 0) is 6.61 Å². The number of hydrogen-bond acceptors (Lipinski definition) is 3. The molecule has 0 radical (unpaired) electrons. The van der Waals surface area contributed by atoms with Crippen molar-refractivity contribution in [1.29, 1.82) is 0 Å². The molecular weight excluding hydrogens is 240 g/mol. The summed E-state index contributed by atoms with van der Waals surface area (Å²) in [6.45, 7) is 1.21. The lowest BCUT2D eigenvalue weighted by Gasteiger charge is -2.13. The topological polar surface area (TPSA) is 38.7 Å². The van der Waals surface area contributed by atoms with Gasteiger partial charge in [-0.1, -0.05) is 36.4 Å². The number of hydrogen-bond donors (Lipinski definition) is 1. The van der Waals surface area contributed by atoms with E-state index in [0.29, 0.717) is 13.2 Å². The predicted molar refractivity (Wildman–Crippen MR) is 72.5 cm³/mol. The van der Waals surface area contributed by atoms with Crippen molar-refractivity contribution < 1.29 is 14.6 Å². The van der Waals surface area contributed by atoms with Gasteiger partial charge in [-0.05, 0) is 12.1 Å². The van der Waals surface area contributed by atoms with E-state index in [1.165, 1.54) is 5.56 Å². The number of para-hydroxylation sites is 2. The van der Waals surface area contributed by atoms with Crippen LogP contribution in [0.5, 0.6) is 11.5 Å². The van der Waals surface area contributed by atoms with Gasteiger partial charge in [-0.15, -0.1) is 0 Å². The van der Waals surface area contributed by atoms with Crippen molar-refractivity contribution >= 4 is 0 Å². The minimum absolute atomic E-state index is 0.00602. The molecule has 2 aromatic carbocycles. The van der Waals surface area contributed by atoms with E-state index in [1.807, 2.05) is 42.5 Å². The summed E-state index contributed by atoms with van der Waals surface area (Å²) in [5.74, 6) is 1.95. The summed E-state index contributed by atoms with van der Waals surface area (Å²) in [5.41, 5.74) is 2.01. The van der Waals surface area contributed by atoms with Crippen LogP contribution in [-0.4, -0.2) is 18.3 Å². The molecule has 0 bridgehead atoms. The fourth-order valence-corrected chi connectivity index (χ4v) is 2.33. The SMILES string of the molecule is OCc1ccccc1OCC1COc2ccccc21. The number of aliphatic hydroxyl groups excluding tert-OH is 1. The number of ether oxygens (including phenoxy) is 2. The third kappa shape index (κ3) is 2.42. The van der Waals surface area contributed by atoms with Crippen molar-refractivity contribution in [2.24, 2.45) is 0 Å². The van der Waals surface area contributed by atoms with Crippen LogP contribution in [0.3, 0.4) is 0 Å². The molecule has 1 unspecified atom stereocenters. The fourth-order valence-electron chi connectivity index (χ4n) is 2.33. The van der Waals surface area contributed by atoms with Crippen molar-refractivity contribution in [3.8, 4) is 11.5 Å². The molecule has 19 heavy (non-hydrogen) atoms. The van der Waals surface area contributed by atoms with Gasteiger partial charge in [-0.25, -0.2) is 0 Å². The summed E-state index contributed by atoms with van der Waals surface area (Å²) in [6.07, 6.45) is 0. The molecule has 1 aliphatic rings. The molecule has 98 valence electrons. The van der Waals surface area contributed by atoms with Crippen molar-refractivity contribution in [2.45, 2.75) is 12.5 Å². The number of aliphatic hydroxyl groups is 1. The lowest BCUT2D eigenvalue weighted by atomic mass is 10.0. The first kappa shape index (κ1) is 12.1. The molecule has 0 fully saturated rings. The minimum Gasteiger partial charge on any atom is -0.493 e. The number of benzene rings is 2. The highest BCUT2D eigenvalue weighted by atomic mass is 16.5. The Morgan fingerprint density at radius 1 is 1.11 bits per heavy atom. The van der Waals surface area contributed by atoms with Gasteiger partial charge >= 0.3 is 0 Å². The molecule has 1 N–H and O–H groups in total. The summed E-state index contributed by atoms with van der Waals surface area (Å²) in [5, 5.41) is 9.26. The van der Waals surface area contributed by atoms with Crippen molar-refractivity contribution in [2.75, 3.05) is 13.2 Å². The third-order valence-electron chi connectivity index (χ3n) is 3.38. The van der Waals surface area contributed by atoms with Crippen LogP contribution in [0.2, 0.25) is 0 Å². The van der Waals surface area contributed by atoms with E-state index in [-0.39, 0.29) is 12.5 Å². The van der Waals surface area contributed by atoms with E-state index in [4.69, 9.17) is 9.47 Å². The van der Waals surface area contributed by atoms with E-state index < -0.39 is 0 Å². The molecule has 3 heteroatoms. The van der Waals surface area contributed by atoms with Gasteiger partial charge in [-0.2, -0.15) is 0 Å². The van der Waals surface area contributed by atoms with Crippen molar-refractivity contribution in [3.63, 3.8) is 0 Å². The highest BCUT2D eigenvalue weighted by Crippen LogP contribution is 2.34. The van der Waals surface area contributed by atoms with Crippen LogP contribution in [0.15, 0.2) is 48.5 Å². The summed E-state index contributed by atoms with van der Waals surface area (Å²) in [6, 6.07) is 15.6. The molecular formula is C16H16O3. The first-order valence-corrected chi connectivity index (χ1v) is 6.42. The smallest absolute Gasteiger partial charge is 0.124 e. The molecule has 1 heterocycles. The molecule has 0 saturated carbocycles. The zero-order valence-electron chi connectivity index (χ0n) is 10.6. The van der Waals surface area contributed by atoms with Crippen LogP contribution < -0.4 is 9.47 Å². The largest absolute Gasteiger partial charge is 0.493 e. The molecule has 3 nitrogen and oxygen atoms in total. The normalized spacial score (nSPS) is 16.8. The molecule has 0 aromatic heterocycles. The van der Waals surface area contributed by atoms with Gasteiger partial charge in [0.2, 0.25) is 0 Å². The van der Waals surface area contributed by atoms with Gasteiger partial charge in [0.15, 0.2) is 0 Å². The Labute approximate surface area is 112 Å². The number of rotatable bonds is 4. The van der Waals surface area contributed by atoms with Gasteiger partial charge < -0.3 is 14.6 Å². The van der Waals surface area contributed by atoms with Gasteiger partial charge in [0.25, 0.3) is 0 Å². The predicted octanol–water partition coefficient (Wildman–Crippen LogP) is 2.73. The van der Waals surface area contributed by atoms with E-state index in [9.17, 15) is 5.11 Å². The second kappa shape index (κ2) is 5.33. The molecule has 2 aromatic rings. The molecule has 0 aliphatic carbocycles. The summed E-state index contributed by atoms with van der Waals surface area (Å²) < 4.78 is 11.5. The van der Waals surface area contributed by atoms with Gasteiger partial charge in [-0.3, -0.25) is 0 Å². The average Bonchev–Trinajstić information content (AvgIpc) is 2.89. The van der Waals surface area contributed by atoms with Crippen LogP contribution in [0, 0.1) is 0 Å². The van der Waals surface area contributed by atoms with E-state index >= 15 is 0 Å². The Morgan fingerprint density at radius 2 is 1.89 bits per heavy atom. The van der Waals surface area contributed by atoms with E-state index in [1.54, 1.807) is 0 Å². The molecule has 1 aliphatic heterocycles. The summed E-state index contributed by atoms with van der Waals surface area (Å²) in [4.78, 5) is 0. The Kier molecular flexibility index (Phi) is 3.38. The standard InChI is InChI=1S/C16H16O3/c17-9-12-5-1-3-7-15(12)18-10-13-11-19-16-8-4-2-6-14(13)16/h1-8,13,17H,9-11H2. The molecule has 0 saturated heterocycles. The first-order chi connectivity index (χ1) is 9.38. The maximum absolute atomic E-state index is 9.26. The van der Waals surface area contributed by atoms with Crippen LogP contribution in [0.4, 0.5) is 0 Å². The zero-order chi connectivity index (χ0) is 13.1. The Hall–Kier alpha value is -2.00. The lowest BCUT2D eigenvalue weighted by molar-refractivity contribution is 0.235. The number of fused-ring (bicyclic) bond motifs is 1. The summed E-state index contributed by atoms with van der Waals surface area (Å²) in [7, 11) is 0. The van der Waals surface area contributed by atoms with Gasteiger partial charge in [0, 0.05) is 11.1 Å². The lowest BCUT2D eigenvalue weighted by Crippen LogP contribution is -2.12. The zero-order valence-corrected chi connectivity index (χ0v) is 10.6. The quantitative estimate of drug-likeness (QED) is 0.914. The third-order valence-corrected chi connectivity index (χ3v) is 3.38. The fraction of sp³-hybridized carbons (Fsp3) is 0.250. The van der Waals surface area contributed by atoms with Crippen molar-refractivity contribution in [3.05, 3.63) is 59.7 Å². The van der Waals surface area contributed by atoms with Gasteiger partial charge in [0.05, 0.1) is 25.7 Å². The first-order valence-electron chi connectivity index (χ1n) is 6.42. The highest BCUT2D eigenvalue weighted by molar-refractivity contribution is 5.40. The molecule has 0 amide bonds. The second-order valence-electron chi connectivity index (χ2n) is 4.62.